The molecule has 2 aliphatic heterocycles. The van der Waals surface area contributed by atoms with Crippen molar-refractivity contribution in [2.24, 2.45) is 5.92 Å². The molecular weight excluding hydrogens is 220 g/mol. The van der Waals surface area contributed by atoms with Crippen molar-refractivity contribution in [1.82, 2.24) is 10.2 Å². The standard InChI is InChI=1S/C12H20N2O3/c1-17-12(16)5-7-14-6-4-10-9(8-14)2-3-11(15)13-10/h9-10H,2-8H2,1H3,(H,13,15). The molecule has 0 aromatic carbocycles. The monoisotopic (exact) mass is 240 g/mol. The van der Waals surface area contributed by atoms with E-state index in [4.69, 9.17) is 0 Å². The summed E-state index contributed by atoms with van der Waals surface area (Å²) in [5.41, 5.74) is 0. The van der Waals surface area contributed by atoms with E-state index in [1.165, 1.54) is 7.11 Å². The molecule has 2 aliphatic rings. The zero-order chi connectivity index (χ0) is 12.3. The molecule has 5 heteroatoms. The highest BCUT2D eigenvalue weighted by Crippen LogP contribution is 2.25. The minimum absolute atomic E-state index is 0.149. The van der Waals surface area contributed by atoms with E-state index in [9.17, 15) is 9.59 Å². The number of hydrogen-bond acceptors (Lipinski definition) is 4. The fraction of sp³-hybridized carbons (Fsp3) is 0.833. The predicted molar refractivity (Wildman–Crippen MR) is 62.3 cm³/mol. The molecule has 0 bridgehead atoms. The van der Waals surface area contributed by atoms with E-state index in [1.807, 2.05) is 0 Å². The van der Waals surface area contributed by atoms with Gasteiger partial charge in [-0.1, -0.05) is 0 Å². The topological polar surface area (TPSA) is 58.6 Å². The number of nitrogens with zero attached hydrogens (tertiary/aromatic N) is 1. The SMILES string of the molecule is COC(=O)CCN1CCC2NC(=O)CCC2C1. The van der Waals surface area contributed by atoms with Gasteiger partial charge in [-0.05, 0) is 18.8 Å². The normalized spacial score (nSPS) is 29.4. The van der Waals surface area contributed by atoms with Crippen LogP contribution in [0.3, 0.4) is 0 Å². The van der Waals surface area contributed by atoms with Gasteiger partial charge in [0.1, 0.15) is 0 Å². The summed E-state index contributed by atoms with van der Waals surface area (Å²) in [6, 6.07) is 0.352. The largest absolute Gasteiger partial charge is 0.469 e. The van der Waals surface area contributed by atoms with Crippen LogP contribution in [0, 0.1) is 5.92 Å². The molecular formula is C12H20N2O3. The number of amides is 1. The van der Waals surface area contributed by atoms with Crippen LogP contribution in [-0.4, -0.2) is 49.6 Å². The van der Waals surface area contributed by atoms with Crippen molar-refractivity contribution in [1.29, 1.82) is 0 Å². The predicted octanol–water partition coefficient (Wildman–Crippen LogP) is 0.150. The molecule has 5 nitrogen and oxygen atoms in total. The summed E-state index contributed by atoms with van der Waals surface area (Å²) in [5.74, 6) is 0.595. The number of likely N-dealkylation sites (tertiary alicyclic amines) is 1. The maximum atomic E-state index is 11.3. The van der Waals surface area contributed by atoms with Crippen LogP contribution in [-0.2, 0) is 14.3 Å². The third-order valence-corrected chi connectivity index (χ3v) is 3.77. The van der Waals surface area contributed by atoms with Crippen molar-refractivity contribution in [3.8, 4) is 0 Å². The van der Waals surface area contributed by atoms with E-state index in [1.54, 1.807) is 0 Å². The van der Waals surface area contributed by atoms with Crippen molar-refractivity contribution < 1.29 is 14.3 Å². The minimum Gasteiger partial charge on any atom is -0.469 e. The third-order valence-electron chi connectivity index (χ3n) is 3.77. The summed E-state index contributed by atoms with van der Waals surface area (Å²) in [4.78, 5) is 24.6. The van der Waals surface area contributed by atoms with Gasteiger partial charge in [0.05, 0.1) is 13.5 Å². The van der Waals surface area contributed by atoms with E-state index >= 15 is 0 Å². The number of ether oxygens (including phenoxy) is 1. The Labute approximate surface area is 101 Å². The summed E-state index contributed by atoms with van der Waals surface area (Å²) in [6.45, 7) is 2.71. The molecule has 0 aliphatic carbocycles. The van der Waals surface area contributed by atoms with Crippen molar-refractivity contribution in [3.05, 3.63) is 0 Å². The number of hydrogen-bond donors (Lipinski definition) is 1. The average molecular weight is 240 g/mol. The molecule has 2 atom stereocenters. The molecule has 0 saturated carbocycles. The Kier molecular flexibility index (Phi) is 3.99. The first-order valence-electron chi connectivity index (χ1n) is 6.27. The molecule has 17 heavy (non-hydrogen) atoms. The Morgan fingerprint density at radius 2 is 2.35 bits per heavy atom. The van der Waals surface area contributed by atoms with Crippen molar-refractivity contribution >= 4 is 11.9 Å². The molecule has 0 aromatic heterocycles. The fourth-order valence-electron chi connectivity index (χ4n) is 2.74. The van der Waals surface area contributed by atoms with Gasteiger partial charge in [-0.15, -0.1) is 0 Å². The van der Waals surface area contributed by atoms with Gasteiger partial charge in [0.15, 0.2) is 0 Å². The number of rotatable bonds is 3. The number of fused-ring (bicyclic) bond motifs is 1. The van der Waals surface area contributed by atoms with Crippen molar-refractivity contribution in [2.45, 2.75) is 31.7 Å². The van der Waals surface area contributed by atoms with Gasteiger partial charge in [0, 0.05) is 32.1 Å². The second kappa shape index (κ2) is 5.49. The number of piperidine rings is 2. The maximum Gasteiger partial charge on any atom is 0.306 e. The summed E-state index contributed by atoms with van der Waals surface area (Å²) < 4.78 is 4.64. The van der Waals surface area contributed by atoms with Gasteiger partial charge in [0.2, 0.25) is 5.91 Å². The van der Waals surface area contributed by atoms with Crippen LogP contribution in [0.4, 0.5) is 0 Å². The Bertz CT molecular complexity index is 306. The van der Waals surface area contributed by atoms with Crippen LogP contribution in [0.15, 0.2) is 0 Å². The van der Waals surface area contributed by atoms with Gasteiger partial charge < -0.3 is 15.0 Å². The second-order valence-electron chi connectivity index (χ2n) is 4.89. The quantitative estimate of drug-likeness (QED) is 0.713. The molecule has 1 amide bonds. The second-order valence-corrected chi connectivity index (χ2v) is 4.89. The first kappa shape index (κ1) is 12.4. The molecule has 2 saturated heterocycles. The van der Waals surface area contributed by atoms with Crippen LogP contribution in [0.25, 0.3) is 0 Å². The summed E-state index contributed by atoms with van der Waals surface area (Å²) in [6.07, 6.45) is 3.08. The maximum absolute atomic E-state index is 11.3. The first-order chi connectivity index (χ1) is 8.19. The highest BCUT2D eigenvalue weighted by Gasteiger charge is 2.33. The molecule has 2 fully saturated rings. The third kappa shape index (κ3) is 3.19. The number of methoxy groups -OCH3 is 1. The molecule has 2 unspecified atom stereocenters. The van der Waals surface area contributed by atoms with Crippen molar-refractivity contribution in [2.75, 3.05) is 26.7 Å². The average Bonchev–Trinajstić information content (AvgIpc) is 2.35. The highest BCUT2D eigenvalue weighted by molar-refractivity contribution is 5.77. The fourth-order valence-corrected chi connectivity index (χ4v) is 2.74. The summed E-state index contributed by atoms with van der Waals surface area (Å²) in [7, 11) is 1.42. The van der Waals surface area contributed by atoms with Gasteiger partial charge in [-0.25, -0.2) is 0 Å². The van der Waals surface area contributed by atoms with E-state index < -0.39 is 0 Å². The van der Waals surface area contributed by atoms with Gasteiger partial charge in [-0.3, -0.25) is 9.59 Å². The molecule has 2 heterocycles. The zero-order valence-electron chi connectivity index (χ0n) is 10.3. The Morgan fingerprint density at radius 3 is 3.12 bits per heavy atom. The smallest absolute Gasteiger partial charge is 0.306 e. The molecule has 0 spiro atoms. The van der Waals surface area contributed by atoms with Gasteiger partial charge in [-0.2, -0.15) is 0 Å². The number of nitrogens with one attached hydrogen (secondary N) is 1. The van der Waals surface area contributed by atoms with Crippen molar-refractivity contribution in [3.63, 3.8) is 0 Å². The summed E-state index contributed by atoms with van der Waals surface area (Å²) in [5, 5.41) is 3.06. The van der Waals surface area contributed by atoms with Crippen LogP contribution < -0.4 is 5.32 Å². The van der Waals surface area contributed by atoms with Crippen LogP contribution in [0.1, 0.15) is 25.7 Å². The van der Waals surface area contributed by atoms with E-state index in [0.29, 0.717) is 24.8 Å². The molecule has 0 radical (unpaired) electrons. The zero-order valence-corrected chi connectivity index (χ0v) is 10.3. The summed E-state index contributed by atoms with van der Waals surface area (Å²) >= 11 is 0. The highest BCUT2D eigenvalue weighted by atomic mass is 16.5. The minimum atomic E-state index is -0.149. The Hall–Kier alpha value is -1.10. The van der Waals surface area contributed by atoms with Gasteiger partial charge >= 0.3 is 5.97 Å². The Balaban J connectivity index is 1.78. The lowest BCUT2D eigenvalue weighted by atomic mass is 9.85. The molecule has 1 N–H and O–H groups in total. The lowest BCUT2D eigenvalue weighted by Crippen LogP contribution is -2.54. The van der Waals surface area contributed by atoms with E-state index in [0.717, 1.165) is 32.5 Å². The number of carbonyl (C=O) groups excluding carboxylic acids is 2. The molecule has 2 rings (SSSR count). The lowest BCUT2D eigenvalue weighted by molar-refractivity contribution is -0.141. The van der Waals surface area contributed by atoms with Crippen LogP contribution >= 0.6 is 0 Å². The molecule has 96 valence electrons. The first-order valence-corrected chi connectivity index (χ1v) is 6.27. The number of esters is 1. The lowest BCUT2D eigenvalue weighted by Gasteiger charge is -2.41. The number of carbonyl (C=O) groups is 2. The van der Waals surface area contributed by atoms with Gasteiger partial charge in [0.25, 0.3) is 0 Å². The van der Waals surface area contributed by atoms with Crippen LogP contribution in [0.5, 0.6) is 0 Å². The van der Waals surface area contributed by atoms with Crippen LogP contribution in [0.2, 0.25) is 0 Å². The Morgan fingerprint density at radius 1 is 1.53 bits per heavy atom. The van der Waals surface area contributed by atoms with E-state index in [2.05, 4.69) is 15.0 Å². The molecule has 0 aromatic rings. The van der Waals surface area contributed by atoms with E-state index in [-0.39, 0.29) is 11.9 Å².